The molecule has 1 aromatic carbocycles. The lowest BCUT2D eigenvalue weighted by Gasteiger charge is -2.08. The van der Waals surface area contributed by atoms with Crippen molar-refractivity contribution in [2.45, 2.75) is 18.9 Å². The van der Waals surface area contributed by atoms with Crippen LogP contribution >= 0.6 is 11.3 Å². The van der Waals surface area contributed by atoms with Gasteiger partial charge in [-0.3, -0.25) is 0 Å². The molecular formula is C12H13NS. The number of thiophene rings is 1. The van der Waals surface area contributed by atoms with Gasteiger partial charge in [-0.15, -0.1) is 11.3 Å². The Morgan fingerprint density at radius 2 is 2.07 bits per heavy atom. The maximum atomic E-state index is 6.22. The Balaban J connectivity index is 2.11. The molecule has 1 atom stereocenters. The molecule has 14 heavy (non-hydrogen) atoms. The summed E-state index contributed by atoms with van der Waals surface area (Å²) in [6.45, 7) is 0. The van der Waals surface area contributed by atoms with Crippen LogP contribution in [-0.4, -0.2) is 0 Å². The Morgan fingerprint density at radius 1 is 1.29 bits per heavy atom. The molecule has 2 aromatic rings. The third kappa shape index (κ3) is 1.26. The standard InChI is InChI=1S/C12H13NS/c13-12(8-5-6-8)10-7-14-11-4-2-1-3-9(10)11/h1-4,7-8,12H,5-6,13H2. The molecule has 1 aliphatic rings. The van der Waals surface area contributed by atoms with Crippen molar-refractivity contribution in [3.8, 4) is 0 Å². The molecular weight excluding hydrogens is 190 g/mol. The van der Waals surface area contributed by atoms with Gasteiger partial charge in [-0.2, -0.15) is 0 Å². The molecule has 1 saturated carbocycles. The summed E-state index contributed by atoms with van der Waals surface area (Å²) in [5.74, 6) is 0.744. The van der Waals surface area contributed by atoms with E-state index in [2.05, 4.69) is 29.6 Å². The molecule has 3 rings (SSSR count). The predicted molar refractivity (Wildman–Crippen MR) is 61.5 cm³/mol. The first-order chi connectivity index (χ1) is 6.86. The summed E-state index contributed by atoms with van der Waals surface area (Å²) in [4.78, 5) is 0. The SMILES string of the molecule is NC(c1csc2ccccc12)C1CC1. The Labute approximate surface area is 87.5 Å². The van der Waals surface area contributed by atoms with Crippen LogP contribution in [0.4, 0.5) is 0 Å². The summed E-state index contributed by atoms with van der Waals surface area (Å²) in [6.07, 6.45) is 2.62. The van der Waals surface area contributed by atoms with E-state index in [0.717, 1.165) is 5.92 Å². The smallest absolute Gasteiger partial charge is 0.0346 e. The first-order valence-electron chi connectivity index (χ1n) is 5.08. The summed E-state index contributed by atoms with van der Waals surface area (Å²) >= 11 is 1.81. The molecule has 0 spiro atoms. The molecule has 1 aromatic heterocycles. The van der Waals surface area contributed by atoms with E-state index in [9.17, 15) is 0 Å². The van der Waals surface area contributed by atoms with Crippen molar-refractivity contribution >= 4 is 21.4 Å². The van der Waals surface area contributed by atoms with Gasteiger partial charge >= 0.3 is 0 Å². The lowest BCUT2D eigenvalue weighted by molar-refractivity contribution is 0.640. The molecule has 0 saturated heterocycles. The average molecular weight is 203 g/mol. The number of rotatable bonds is 2. The maximum Gasteiger partial charge on any atom is 0.0346 e. The van der Waals surface area contributed by atoms with E-state index in [1.807, 2.05) is 11.3 Å². The van der Waals surface area contributed by atoms with Crippen LogP contribution in [-0.2, 0) is 0 Å². The van der Waals surface area contributed by atoms with Crippen LogP contribution in [0.15, 0.2) is 29.6 Å². The van der Waals surface area contributed by atoms with Crippen LogP contribution < -0.4 is 5.73 Å². The second kappa shape index (κ2) is 3.07. The monoisotopic (exact) mass is 203 g/mol. The number of hydrogen-bond acceptors (Lipinski definition) is 2. The fourth-order valence-electron chi connectivity index (χ4n) is 1.97. The molecule has 1 heterocycles. The van der Waals surface area contributed by atoms with Crippen LogP contribution in [0.3, 0.4) is 0 Å². The van der Waals surface area contributed by atoms with Gasteiger partial charge in [0, 0.05) is 10.7 Å². The van der Waals surface area contributed by atoms with Crippen LogP contribution in [0.5, 0.6) is 0 Å². The van der Waals surface area contributed by atoms with E-state index in [-0.39, 0.29) is 6.04 Å². The zero-order valence-corrected chi connectivity index (χ0v) is 8.76. The first kappa shape index (κ1) is 8.45. The highest BCUT2D eigenvalue weighted by Gasteiger charge is 2.30. The summed E-state index contributed by atoms with van der Waals surface area (Å²) < 4.78 is 1.36. The van der Waals surface area contributed by atoms with Crippen LogP contribution in [0.25, 0.3) is 10.1 Å². The molecule has 72 valence electrons. The zero-order valence-electron chi connectivity index (χ0n) is 7.94. The molecule has 1 unspecified atom stereocenters. The molecule has 2 heteroatoms. The second-order valence-electron chi connectivity index (χ2n) is 4.05. The van der Waals surface area contributed by atoms with Crippen LogP contribution in [0.1, 0.15) is 24.4 Å². The zero-order chi connectivity index (χ0) is 9.54. The molecule has 0 radical (unpaired) electrons. The Bertz CT molecular complexity index is 456. The number of benzene rings is 1. The van der Waals surface area contributed by atoms with Crippen molar-refractivity contribution in [1.29, 1.82) is 0 Å². The van der Waals surface area contributed by atoms with E-state index in [1.54, 1.807) is 0 Å². The van der Waals surface area contributed by atoms with E-state index >= 15 is 0 Å². The van der Waals surface area contributed by atoms with E-state index in [0.29, 0.717) is 0 Å². The minimum Gasteiger partial charge on any atom is -0.324 e. The number of nitrogens with two attached hydrogens (primary N) is 1. The first-order valence-corrected chi connectivity index (χ1v) is 5.96. The van der Waals surface area contributed by atoms with Crippen molar-refractivity contribution in [3.63, 3.8) is 0 Å². The fraction of sp³-hybridized carbons (Fsp3) is 0.333. The van der Waals surface area contributed by atoms with Gasteiger partial charge in [0.15, 0.2) is 0 Å². The quantitative estimate of drug-likeness (QED) is 0.796. The van der Waals surface area contributed by atoms with Gasteiger partial charge in [-0.1, -0.05) is 18.2 Å². The summed E-state index contributed by atoms with van der Waals surface area (Å²) in [5, 5.41) is 3.59. The molecule has 2 N–H and O–H groups in total. The fourth-order valence-corrected chi connectivity index (χ4v) is 2.97. The van der Waals surface area contributed by atoms with Gasteiger partial charge in [0.25, 0.3) is 0 Å². The molecule has 1 fully saturated rings. The van der Waals surface area contributed by atoms with Gasteiger partial charge in [0.05, 0.1) is 0 Å². The van der Waals surface area contributed by atoms with Crippen LogP contribution in [0.2, 0.25) is 0 Å². The average Bonchev–Trinajstić information content (AvgIpc) is 2.97. The van der Waals surface area contributed by atoms with Crippen molar-refractivity contribution in [2.75, 3.05) is 0 Å². The summed E-state index contributed by atoms with van der Waals surface area (Å²) in [6, 6.07) is 8.81. The third-order valence-electron chi connectivity index (χ3n) is 3.00. The summed E-state index contributed by atoms with van der Waals surface area (Å²) in [7, 11) is 0. The summed E-state index contributed by atoms with van der Waals surface area (Å²) in [5.41, 5.74) is 7.57. The Hall–Kier alpha value is -0.860. The van der Waals surface area contributed by atoms with Crippen molar-refractivity contribution < 1.29 is 0 Å². The maximum absolute atomic E-state index is 6.22. The van der Waals surface area contributed by atoms with Crippen molar-refractivity contribution in [2.24, 2.45) is 11.7 Å². The molecule has 0 bridgehead atoms. The molecule has 0 aliphatic heterocycles. The van der Waals surface area contributed by atoms with Gasteiger partial charge in [0.2, 0.25) is 0 Å². The lowest BCUT2D eigenvalue weighted by Crippen LogP contribution is -2.11. The van der Waals surface area contributed by atoms with E-state index in [4.69, 9.17) is 5.73 Å². The number of hydrogen-bond donors (Lipinski definition) is 1. The third-order valence-corrected chi connectivity index (χ3v) is 3.98. The van der Waals surface area contributed by atoms with Crippen molar-refractivity contribution in [1.82, 2.24) is 0 Å². The highest BCUT2D eigenvalue weighted by molar-refractivity contribution is 7.17. The number of fused-ring (bicyclic) bond motifs is 1. The van der Waals surface area contributed by atoms with E-state index < -0.39 is 0 Å². The van der Waals surface area contributed by atoms with Gasteiger partial charge in [0.1, 0.15) is 0 Å². The molecule has 0 amide bonds. The highest BCUT2D eigenvalue weighted by Crippen LogP contribution is 2.42. The minimum absolute atomic E-state index is 0.270. The van der Waals surface area contributed by atoms with Gasteiger partial charge < -0.3 is 5.73 Å². The normalized spacial score (nSPS) is 18.6. The molecule has 1 nitrogen and oxygen atoms in total. The van der Waals surface area contributed by atoms with E-state index in [1.165, 1.54) is 28.5 Å². The Morgan fingerprint density at radius 3 is 2.86 bits per heavy atom. The lowest BCUT2D eigenvalue weighted by atomic mass is 10.0. The Kier molecular flexibility index (Phi) is 1.85. The minimum atomic E-state index is 0.270. The van der Waals surface area contributed by atoms with Gasteiger partial charge in [-0.25, -0.2) is 0 Å². The topological polar surface area (TPSA) is 26.0 Å². The largest absolute Gasteiger partial charge is 0.324 e. The second-order valence-corrected chi connectivity index (χ2v) is 4.96. The predicted octanol–water partition coefficient (Wildman–Crippen LogP) is 3.31. The highest BCUT2D eigenvalue weighted by atomic mass is 32.1. The molecule has 1 aliphatic carbocycles. The van der Waals surface area contributed by atoms with Gasteiger partial charge in [-0.05, 0) is 41.2 Å². The van der Waals surface area contributed by atoms with Crippen LogP contribution in [0, 0.1) is 5.92 Å². The van der Waals surface area contributed by atoms with Crippen molar-refractivity contribution in [3.05, 3.63) is 35.2 Å².